The molecule has 0 bridgehead atoms. The molecule has 1 amide bonds. The minimum atomic E-state index is -0.0706. The van der Waals surface area contributed by atoms with E-state index in [4.69, 9.17) is 33.2 Å². The maximum atomic E-state index is 12.8. The molecule has 1 saturated carbocycles. The number of rotatable bonds is 4. The van der Waals surface area contributed by atoms with Gasteiger partial charge in [0.25, 0.3) is 5.91 Å². The van der Waals surface area contributed by atoms with Crippen LogP contribution >= 0.6 is 34.5 Å². The second-order valence-corrected chi connectivity index (χ2v) is 9.61. The van der Waals surface area contributed by atoms with Gasteiger partial charge in [-0.15, -0.1) is 11.3 Å². The van der Waals surface area contributed by atoms with Crippen molar-refractivity contribution < 1.29 is 4.79 Å². The molecule has 9 heteroatoms. The number of para-hydroxylation sites is 2. The summed E-state index contributed by atoms with van der Waals surface area (Å²) in [7, 11) is 0. The second-order valence-electron chi connectivity index (χ2n) is 7.32. The lowest BCUT2D eigenvalue weighted by Gasteiger charge is -2.36. The summed E-state index contributed by atoms with van der Waals surface area (Å²) < 4.78 is 0.970. The van der Waals surface area contributed by atoms with Crippen molar-refractivity contribution in [1.82, 2.24) is 14.9 Å². The largest absolute Gasteiger partial charge is 0.364 e. The lowest BCUT2D eigenvalue weighted by atomic mass is 10.2. The third kappa shape index (κ3) is 3.86. The molecule has 150 valence electrons. The first-order valence-electron chi connectivity index (χ1n) is 9.61. The lowest BCUT2D eigenvalue weighted by Crippen LogP contribution is -2.49. The number of halogens is 2. The first-order chi connectivity index (χ1) is 14.1. The number of benzene rings is 1. The van der Waals surface area contributed by atoms with Crippen molar-refractivity contribution in [1.29, 1.82) is 0 Å². The highest BCUT2D eigenvalue weighted by Crippen LogP contribution is 2.33. The van der Waals surface area contributed by atoms with Crippen LogP contribution in [-0.2, 0) is 0 Å². The summed E-state index contributed by atoms with van der Waals surface area (Å²) in [5, 5.41) is 3.52. The van der Waals surface area contributed by atoms with Gasteiger partial charge in [-0.1, -0.05) is 35.3 Å². The number of piperazine rings is 1. The van der Waals surface area contributed by atoms with Crippen LogP contribution in [0.3, 0.4) is 0 Å². The number of carbonyl (C=O) groups is 1. The number of carbonyl (C=O) groups excluding carboxylic acids is 1. The highest BCUT2D eigenvalue weighted by molar-refractivity contribution is 7.20. The van der Waals surface area contributed by atoms with Gasteiger partial charge in [0.05, 0.1) is 20.9 Å². The number of hydrogen-bond donors (Lipinski definition) is 1. The summed E-state index contributed by atoms with van der Waals surface area (Å²) in [4.78, 5) is 26.5. The molecule has 29 heavy (non-hydrogen) atoms. The number of thiophene rings is 1. The van der Waals surface area contributed by atoms with Crippen molar-refractivity contribution in [3.8, 4) is 0 Å². The molecule has 2 aliphatic rings. The maximum absolute atomic E-state index is 12.8. The van der Waals surface area contributed by atoms with Gasteiger partial charge in [-0.2, -0.15) is 0 Å². The Morgan fingerprint density at radius 1 is 1.07 bits per heavy atom. The van der Waals surface area contributed by atoms with Crippen LogP contribution in [0.1, 0.15) is 23.2 Å². The molecular weight excluding hydrogens is 429 g/mol. The van der Waals surface area contributed by atoms with Crippen LogP contribution in [0.4, 0.5) is 11.6 Å². The zero-order valence-electron chi connectivity index (χ0n) is 15.6. The fourth-order valence-electron chi connectivity index (χ4n) is 3.51. The third-order valence-electron chi connectivity index (χ3n) is 5.22. The van der Waals surface area contributed by atoms with Crippen LogP contribution < -0.4 is 10.2 Å². The molecule has 1 saturated heterocycles. The SMILES string of the molecule is O=C(c1cc(Cl)sc1Cl)N1CCN(c2nc3ccccc3nc2NC2CC2)CC1. The Morgan fingerprint density at radius 2 is 1.76 bits per heavy atom. The van der Waals surface area contributed by atoms with Crippen molar-refractivity contribution in [2.75, 3.05) is 36.4 Å². The van der Waals surface area contributed by atoms with Gasteiger partial charge in [0, 0.05) is 32.2 Å². The minimum absolute atomic E-state index is 0.0706. The maximum Gasteiger partial charge on any atom is 0.256 e. The average molecular weight is 448 g/mol. The average Bonchev–Trinajstić information content (AvgIpc) is 3.48. The highest BCUT2D eigenvalue weighted by Gasteiger charge is 2.29. The normalized spacial score (nSPS) is 17.0. The predicted molar refractivity (Wildman–Crippen MR) is 119 cm³/mol. The van der Waals surface area contributed by atoms with Gasteiger partial charge in [-0.05, 0) is 31.0 Å². The summed E-state index contributed by atoms with van der Waals surface area (Å²) in [6.07, 6.45) is 2.33. The topological polar surface area (TPSA) is 61.4 Å². The molecule has 1 aromatic carbocycles. The van der Waals surface area contributed by atoms with Crippen LogP contribution in [0.5, 0.6) is 0 Å². The monoisotopic (exact) mass is 447 g/mol. The van der Waals surface area contributed by atoms with E-state index in [1.807, 2.05) is 29.2 Å². The number of anilines is 2. The first-order valence-corrected chi connectivity index (χ1v) is 11.2. The van der Waals surface area contributed by atoms with E-state index < -0.39 is 0 Å². The van der Waals surface area contributed by atoms with E-state index in [9.17, 15) is 4.79 Å². The van der Waals surface area contributed by atoms with Gasteiger partial charge < -0.3 is 15.1 Å². The van der Waals surface area contributed by atoms with Crippen molar-refractivity contribution in [3.05, 3.63) is 44.6 Å². The standard InChI is InChI=1S/C20H19Cl2N5OS/c21-16-11-13(17(22)29-16)20(28)27-9-7-26(8-10-27)19-18(23-12-5-6-12)24-14-3-1-2-4-15(14)25-19/h1-4,11-12H,5-10H2,(H,23,24). The quantitative estimate of drug-likeness (QED) is 0.636. The smallest absolute Gasteiger partial charge is 0.256 e. The zero-order chi connectivity index (χ0) is 20.0. The molecule has 3 aromatic rings. The number of nitrogens with one attached hydrogen (secondary N) is 1. The van der Waals surface area contributed by atoms with E-state index in [0.29, 0.717) is 46.5 Å². The van der Waals surface area contributed by atoms with Crippen LogP contribution in [0.15, 0.2) is 30.3 Å². The number of hydrogen-bond acceptors (Lipinski definition) is 6. The molecule has 0 unspecified atom stereocenters. The molecule has 2 fully saturated rings. The molecule has 6 nitrogen and oxygen atoms in total. The van der Waals surface area contributed by atoms with Crippen LogP contribution in [0.2, 0.25) is 8.67 Å². The van der Waals surface area contributed by atoms with Crippen molar-refractivity contribution in [2.45, 2.75) is 18.9 Å². The van der Waals surface area contributed by atoms with Crippen molar-refractivity contribution in [2.24, 2.45) is 0 Å². The Labute approximate surface area is 182 Å². The van der Waals surface area contributed by atoms with E-state index in [0.717, 1.165) is 22.7 Å². The van der Waals surface area contributed by atoms with Crippen molar-refractivity contribution in [3.63, 3.8) is 0 Å². The number of nitrogens with zero attached hydrogens (tertiary/aromatic N) is 4. The van der Waals surface area contributed by atoms with E-state index in [1.54, 1.807) is 6.07 Å². The summed E-state index contributed by atoms with van der Waals surface area (Å²) in [6.45, 7) is 2.57. The van der Waals surface area contributed by atoms with Gasteiger partial charge in [0.2, 0.25) is 0 Å². The Bertz CT molecular complexity index is 1080. The van der Waals surface area contributed by atoms with Crippen LogP contribution in [-0.4, -0.2) is 53.0 Å². The van der Waals surface area contributed by atoms with Gasteiger partial charge in [-0.3, -0.25) is 4.79 Å². The second kappa shape index (κ2) is 7.63. The molecule has 1 aliphatic carbocycles. The molecule has 0 radical (unpaired) electrons. The minimum Gasteiger partial charge on any atom is -0.364 e. The van der Waals surface area contributed by atoms with Crippen molar-refractivity contribution >= 4 is 63.1 Å². The van der Waals surface area contributed by atoms with E-state index in [2.05, 4.69) is 10.2 Å². The van der Waals surface area contributed by atoms with Crippen LogP contribution in [0.25, 0.3) is 11.0 Å². The molecule has 3 heterocycles. The van der Waals surface area contributed by atoms with E-state index in [-0.39, 0.29) is 5.91 Å². The van der Waals surface area contributed by atoms with E-state index >= 15 is 0 Å². The Balaban J connectivity index is 1.36. The summed E-state index contributed by atoms with van der Waals surface area (Å²) >= 11 is 13.4. The molecule has 0 atom stereocenters. The molecule has 1 aliphatic heterocycles. The molecular formula is C20H19Cl2N5OS. The Kier molecular flexibility index (Phi) is 4.97. The van der Waals surface area contributed by atoms with E-state index in [1.165, 1.54) is 24.2 Å². The highest BCUT2D eigenvalue weighted by atomic mass is 35.5. The molecule has 0 spiro atoms. The number of aromatic nitrogens is 2. The lowest BCUT2D eigenvalue weighted by molar-refractivity contribution is 0.0747. The van der Waals surface area contributed by atoms with Gasteiger partial charge in [0.15, 0.2) is 11.6 Å². The Morgan fingerprint density at radius 3 is 2.38 bits per heavy atom. The van der Waals surface area contributed by atoms with Gasteiger partial charge in [0.1, 0.15) is 4.34 Å². The summed E-state index contributed by atoms with van der Waals surface area (Å²) in [6, 6.07) is 10.0. The molecule has 2 aromatic heterocycles. The Hall–Kier alpha value is -2.09. The van der Waals surface area contributed by atoms with Gasteiger partial charge >= 0.3 is 0 Å². The fourth-order valence-corrected chi connectivity index (χ4v) is 4.95. The van der Waals surface area contributed by atoms with Gasteiger partial charge in [-0.25, -0.2) is 9.97 Å². The third-order valence-corrected chi connectivity index (χ3v) is 6.71. The molecule has 1 N–H and O–H groups in total. The summed E-state index contributed by atoms with van der Waals surface area (Å²) in [5.41, 5.74) is 2.25. The first kappa shape index (κ1) is 18.9. The predicted octanol–water partition coefficient (Wildman–Crippen LogP) is 4.53. The zero-order valence-corrected chi connectivity index (χ0v) is 17.9. The van der Waals surface area contributed by atoms with Crippen LogP contribution in [0, 0.1) is 0 Å². The number of fused-ring (bicyclic) bond motifs is 1. The molecule has 5 rings (SSSR count). The number of amides is 1. The fraction of sp³-hybridized carbons (Fsp3) is 0.350. The summed E-state index contributed by atoms with van der Waals surface area (Å²) in [5.74, 6) is 1.62.